The molecule has 0 amide bonds. The van der Waals surface area contributed by atoms with Crippen molar-refractivity contribution in [3.05, 3.63) is 0 Å². The average molecular weight is 397 g/mol. The molecule has 0 fully saturated rings. The van der Waals surface area contributed by atoms with Crippen LogP contribution in [-0.2, 0) is 9.53 Å². The molecule has 2 N–H and O–H groups in total. The number of esters is 1. The zero-order chi connectivity index (χ0) is 14.2. The summed E-state index contributed by atoms with van der Waals surface area (Å²) in [6.45, 7) is 1.61. The fraction of sp³-hybridized carbons (Fsp3) is 0.800. The molecule has 1 atom stereocenters. The number of nitrogens with zero attached hydrogens (tertiary/aromatic N) is 1. The molecule has 9 heteroatoms. The van der Waals surface area contributed by atoms with E-state index in [1.165, 1.54) is 14.2 Å². The maximum Gasteiger partial charge on any atom is 0.390 e. The van der Waals surface area contributed by atoms with Crippen molar-refractivity contribution < 1.29 is 22.7 Å². The number of alkyl halides is 3. The summed E-state index contributed by atoms with van der Waals surface area (Å²) in [7, 11) is 2.71. The van der Waals surface area contributed by atoms with Gasteiger partial charge in [0.1, 0.15) is 0 Å². The largest absolute Gasteiger partial charge is 0.469 e. The fourth-order valence-electron chi connectivity index (χ4n) is 1.08. The van der Waals surface area contributed by atoms with E-state index in [0.29, 0.717) is 0 Å². The van der Waals surface area contributed by atoms with Crippen LogP contribution in [0.2, 0.25) is 0 Å². The second kappa shape index (κ2) is 10.1. The SMILES string of the molecule is CN=C(NCCC(F)(F)F)NCC(C)C(=O)OC.I. The minimum atomic E-state index is -4.20. The minimum absolute atomic E-state index is 0. The number of hydrogen-bond acceptors (Lipinski definition) is 3. The van der Waals surface area contributed by atoms with Crippen LogP contribution in [0.3, 0.4) is 0 Å². The lowest BCUT2D eigenvalue weighted by Gasteiger charge is -2.15. The number of nitrogens with one attached hydrogen (secondary N) is 2. The van der Waals surface area contributed by atoms with Crippen LogP contribution in [0.1, 0.15) is 13.3 Å². The number of ether oxygens (including phenoxy) is 1. The number of carbonyl (C=O) groups excluding carboxylic acids is 1. The number of guanidine groups is 1. The number of halogens is 4. The van der Waals surface area contributed by atoms with E-state index in [1.54, 1.807) is 6.92 Å². The number of methoxy groups -OCH3 is 1. The van der Waals surface area contributed by atoms with E-state index in [2.05, 4.69) is 20.4 Å². The first-order valence-corrected chi connectivity index (χ1v) is 5.39. The Labute approximate surface area is 127 Å². The lowest BCUT2D eigenvalue weighted by Crippen LogP contribution is -2.41. The summed E-state index contributed by atoms with van der Waals surface area (Å²) in [6, 6.07) is 0. The summed E-state index contributed by atoms with van der Waals surface area (Å²) in [6.07, 6.45) is -5.15. The molecule has 0 aliphatic heterocycles. The molecule has 0 aliphatic carbocycles. The average Bonchev–Trinajstić information content (AvgIpc) is 2.30. The second-order valence-corrected chi connectivity index (χ2v) is 3.67. The smallest absolute Gasteiger partial charge is 0.390 e. The summed E-state index contributed by atoms with van der Waals surface area (Å²) < 4.78 is 40.3. The molecule has 0 heterocycles. The summed E-state index contributed by atoms with van der Waals surface area (Å²) in [5.41, 5.74) is 0. The molecule has 0 radical (unpaired) electrons. The molecule has 5 nitrogen and oxygen atoms in total. The Hall–Kier alpha value is -0.740. The highest BCUT2D eigenvalue weighted by Crippen LogP contribution is 2.17. The molecule has 0 aliphatic rings. The highest BCUT2D eigenvalue weighted by Gasteiger charge is 2.26. The van der Waals surface area contributed by atoms with E-state index in [0.717, 1.165) is 0 Å². The third kappa shape index (κ3) is 10.8. The highest BCUT2D eigenvalue weighted by molar-refractivity contribution is 14.0. The van der Waals surface area contributed by atoms with Gasteiger partial charge in [0.25, 0.3) is 0 Å². The molecule has 19 heavy (non-hydrogen) atoms. The van der Waals surface area contributed by atoms with Gasteiger partial charge in [-0.05, 0) is 0 Å². The van der Waals surface area contributed by atoms with Crippen molar-refractivity contribution in [2.24, 2.45) is 10.9 Å². The van der Waals surface area contributed by atoms with E-state index in [9.17, 15) is 18.0 Å². The van der Waals surface area contributed by atoms with Gasteiger partial charge in [0.2, 0.25) is 0 Å². The van der Waals surface area contributed by atoms with Gasteiger partial charge < -0.3 is 15.4 Å². The summed E-state index contributed by atoms with van der Waals surface area (Å²) in [4.78, 5) is 14.8. The van der Waals surface area contributed by atoms with Crippen LogP contribution in [0.4, 0.5) is 13.2 Å². The molecule has 0 spiro atoms. The Morgan fingerprint density at radius 1 is 1.37 bits per heavy atom. The van der Waals surface area contributed by atoms with Gasteiger partial charge in [0, 0.05) is 20.1 Å². The van der Waals surface area contributed by atoms with Crippen molar-refractivity contribution in [2.75, 3.05) is 27.2 Å². The van der Waals surface area contributed by atoms with Crippen molar-refractivity contribution >= 4 is 35.9 Å². The number of carbonyl (C=O) groups is 1. The molecule has 0 aromatic rings. The number of aliphatic imine (C=N–C) groups is 1. The molecule has 0 aromatic heterocycles. The van der Waals surface area contributed by atoms with Crippen LogP contribution in [0, 0.1) is 5.92 Å². The van der Waals surface area contributed by atoms with Crippen LogP contribution in [0.25, 0.3) is 0 Å². The van der Waals surface area contributed by atoms with Gasteiger partial charge in [0.15, 0.2) is 5.96 Å². The quantitative estimate of drug-likeness (QED) is 0.320. The van der Waals surface area contributed by atoms with Crippen molar-refractivity contribution in [2.45, 2.75) is 19.5 Å². The van der Waals surface area contributed by atoms with Gasteiger partial charge in [0.05, 0.1) is 19.4 Å². The Morgan fingerprint density at radius 2 is 1.95 bits per heavy atom. The standard InChI is InChI=1S/C10H18F3N3O2.HI/c1-7(8(17)18-3)6-16-9(14-2)15-5-4-10(11,12)13;/h7H,4-6H2,1-3H3,(H2,14,15,16);1H. The van der Waals surface area contributed by atoms with Gasteiger partial charge in [-0.1, -0.05) is 6.92 Å². The van der Waals surface area contributed by atoms with Crippen LogP contribution < -0.4 is 10.6 Å². The maximum atomic E-state index is 11.9. The molecule has 0 bridgehead atoms. The number of rotatable bonds is 5. The first kappa shape index (κ1) is 20.6. The Kier molecular flexibility index (Phi) is 10.9. The number of hydrogen-bond donors (Lipinski definition) is 2. The van der Waals surface area contributed by atoms with Crippen LogP contribution >= 0.6 is 24.0 Å². The van der Waals surface area contributed by atoms with Crippen LogP contribution in [0.15, 0.2) is 4.99 Å². The van der Waals surface area contributed by atoms with Crippen molar-refractivity contribution in [3.63, 3.8) is 0 Å². The van der Waals surface area contributed by atoms with Crippen molar-refractivity contribution in [3.8, 4) is 0 Å². The summed E-state index contributed by atoms with van der Waals surface area (Å²) >= 11 is 0. The van der Waals surface area contributed by atoms with E-state index in [4.69, 9.17) is 0 Å². The molecule has 0 aromatic carbocycles. The maximum absolute atomic E-state index is 11.9. The first-order chi connectivity index (χ1) is 8.30. The lowest BCUT2D eigenvalue weighted by molar-refractivity contribution is -0.144. The zero-order valence-corrected chi connectivity index (χ0v) is 13.3. The predicted octanol–water partition coefficient (Wildman–Crippen LogP) is 1.53. The van der Waals surface area contributed by atoms with Gasteiger partial charge in [-0.2, -0.15) is 13.2 Å². The highest BCUT2D eigenvalue weighted by atomic mass is 127. The molecule has 0 saturated heterocycles. The molecular weight excluding hydrogens is 378 g/mol. The molecular formula is C10H19F3IN3O2. The monoisotopic (exact) mass is 397 g/mol. The van der Waals surface area contributed by atoms with Gasteiger partial charge in [-0.15, -0.1) is 24.0 Å². The Bertz CT molecular complexity index is 298. The van der Waals surface area contributed by atoms with Crippen LogP contribution in [0.5, 0.6) is 0 Å². The minimum Gasteiger partial charge on any atom is -0.469 e. The van der Waals surface area contributed by atoms with Crippen molar-refractivity contribution in [1.29, 1.82) is 0 Å². The molecule has 0 saturated carbocycles. The first-order valence-electron chi connectivity index (χ1n) is 5.39. The Morgan fingerprint density at radius 3 is 2.37 bits per heavy atom. The van der Waals surface area contributed by atoms with E-state index < -0.39 is 24.5 Å². The zero-order valence-electron chi connectivity index (χ0n) is 11.0. The van der Waals surface area contributed by atoms with Gasteiger partial charge in [-0.25, -0.2) is 0 Å². The summed E-state index contributed by atoms with van der Waals surface area (Å²) in [5, 5.41) is 5.25. The molecule has 114 valence electrons. The van der Waals surface area contributed by atoms with Crippen LogP contribution in [-0.4, -0.2) is 45.4 Å². The summed E-state index contributed by atoms with van der Waals surface area (Å²) in [5.74, 6) is -0.584. The van der Waals surface area contributed by atoms with Gasteiger partial charge in [-0.3, -0.25) is 9.79 Å². The van der Waals surface area contributed by atoms with E-state index in [-0.39, 0.29) is 43.0 Å². The second-order valence-electron chi connectivity index (χ2n) is 3.67. The molecule has 1 unspecified atom stereocenters. The van der Waals surface area contributed by atoms with E-state index in [1.807, 2.05) is 0 Å². The topological polar surface area (TPSA) is 62.7 Å². The van der Waals surface area contributed by atoms with E-state index >= 15 is 0 Å². The van der Waals surface area contributed by atoms with Gasteiger partial charge >= 0.3 is 12.1 Å². The fourth-order valence-corrected chi connectivity index (χ4v) is 1.08. The molecule has 0 rings (SSSR count). The third-order valence-electron chi connectivity index (χ3n) is 2.10. The predicted molar refractivity (Wildman–Crippen MR) is 76.6 cm³/mol. The normalized spacial score (nSPS) is 13.3. The van der Waals surface area contributed by atoms with Crippen molar-refractivity contribution in [1.82, 2.24) is 10.6 Å². The lowest BCUT2D eigenvalue weighted by atomic mass is 10.2. The third-order valence-corrected chi connectivity index (χ3v) is 2.10. The Balaban J connectivity index is 0.